The fourth-order valence-electron chi connectivity index (χ4n) is 1.89. The maximum absolute atomic E-state index is 12.0. The number of carbonyl (C=O) groups is 1. The van der Waals surface area contributed by atoms with Crippen LogP contribution >= 0.6 is 23.2 Å². The number of rotatable bonds is 6. The van der Waals surface area contributed by atoms with Crippen molar-refractivity contribution in [3.05, 3.63) is 52.5 Å². The Morgan fingerprint density at radius 3 is 2.16 bits per heavy atom. The van der Waals surface area contributed by atoms with Gasteiger partial charge >= 0.3 is 0 Å². The highest BCUT2D eigenvalue weighted by Gasteiger charge is 2.16. The van der Waals surface area contributed by atoms with Crippen LogP contribution in [0.2, 0.25) is 10.0 Å². The first-order chi connectivity index (χ1) is 11.7. The molecule has 0 aliphatic heterocycles. The topological polar surface area (TPSA) is 75.7 Å². The summed E-state index contributed by atoms with van der Waals surface area (Å²) < 4.78 is 30.4. The number of anilines is 1. The van der Waals surface area contributed by atoms with Crippen molar-refractivity contribution >= 4 is 44.8 Å². The van der Waals surface area contributed by atoms with Crippen molar-refractivity contribution in [2.75, 3.05) is 26.0 Å². The number of benzene rings is 2. The van der Waals surface area contributed by atoms with Crippen molar-refractivity contribution in [3.63, 3.8) is 0 Å². The molecule has 25 heavy (non-hydrogen) atoms. The summed E-state index contributed by atoms with van der Waals surface area (Å²) in [6.45, 7) is -0.246. The fourth-order valence-corrected chi connectivity index (χ4v) is 3.32. The molecule has 0 unspecified atom stereocenters. The summed E-state index contributed by atoms with van der Waals surface area (Å²) in [5, 5.41) is 3.42. The summed E-state index contributed by atoms with van der Waals surface area (Å²) in [6, 6.07) is 10.5. The van der Waals surface area contributed by atoms with Crippen LogP contribution in [-0.4, -0.2) is 39.3 Å². The van der Waals surface area contributed by atoms with Crippen molar-refractivity contribution in [1.82, 2.24) is 4.31 Å². The van der Waals surface area contributed by atoms with Crippen molar-refractivity contribution in [3.8, 4) is 5.75 Å². The number of hydrogen-bond acceptors (Lipinski definition) is 4. The molecule has 0 atom stereocenters. The third-order valence-electron chi connectivity index (χ3n) is 3.12. The molecule has 0 saturated carbocycles. The van der Waals surface area contributed by atoms with Crippen LogP contribution in [0.15, 0.2) is 47.4 Å². The third kappa shape index (κ3) is 5.34. The molecule has 0 aliphatic carbocycles. The standard InChI is InChI=1S/C16H16Cl2N2O4S/c1-20(2)25(22,23)15-5-3-14(4-6-15)24-10-16(21)19-13-8-11(17)7-12(18)9-13/h3-9H,10H2,1-2H3,(H,19,21). The van der Waals surface area contributed by atoms with Crippen molar-refractivity contribution < 1.29 is 17.9 Å². The summed E-state index contributed by atoms with van der Waals surface area (Å²) in [7, 11) is -0.599. The molecule has 6 nitrogen and oxygen atoms in total. The van der Waals surface area contributed by atoms with Gasteiger partial charge < -0.3 is 10.1 Å². The van der Waals surface area contributed by atoms with Crippen LogP contribution in [0.25, 0.3) is 0 Å². The van der Waals surface area contributed by atoms with Crippen LogP contribution in [0.3, 0.4) is 0 Å². The average Bonchev–Trinajstić information content (AvgIpc) is 2.52. The van der Waals surface area contributed by atoms with Crippen molar-refractivity contribution in [2.45, 2.75) is 4.90 Å². The SMILES string of the molecule is CN(C)S(=O)(=O)c1ccc(OCC(=O)Nc2cc(Cl)cc(Cl)c2)cc1. The Hall–Kier alpha value is -1.80. The quantitative estimate of drug-likeness (QED) is 0.804. The number of amides is 1. The molecule has 0 radical (unpaired) electrons. The molecule has 0 aliphatic rings. The molecular formula is C16H16Cl2N2O4S. The van der Waals surface area contributed by atoms with Gasteiger partial charge in [0.25, 0.3) is 5.91 Å². The predicted molar refractivity (Wildman–Crippen MR) is 97.9 cm³/mol. The Kier molecular flexibility index (Phi) is 6.29. The second-order valence-electron chi connectivity index (χ2n) is 5.25. The van der Waals surface area contributed by atoms with Crippen molar-refractivity contribution in [1.29, 1.82) is 0 Å². The first-order valence-electron chi connectivity index (χ1n) is 7.10. The van der Waals surface area contributed by atoms with Gasteiger partial charge in [0.1, 0.15) is 5.75 Å². The number of halogens is 2. The van der Waals surface area contributed by atoms with Gasteiger partial charge in [0.05, 0.1) is 4.90 Å². The summed E-state index contributed by atoms with van der Waals surface area (Å²) >= 11 is 11.7. The first-order valence-corrected chi connectivity index (χ1v) is 9.29. The Labute approximate surface area is 156 Å². The zero-order valence-electron chi connectivity index (χ0n) is 13.5. The molecule has 0 fully saturated rings. The maximum Gasteiger partial charge on any atom is 0.262 e. The van der Waals surface area contributed by atoms with Gasteiger partial charge in [-0.2, -0.15) is 0 Å². The van der Waals surface area contributed by atoms with Gasteiger partial charge in [-0.15, -0.1) is 0 Å². The van der Waals surface area contributed by atoms with Gasteiger partial charge in [-0.25, -0.2) is 12.7 Å². The van der Waals surface area contributed by atoms with E-state index in [9.17, 15) is 13.2 Å². The lowest BCUT2D eigenvalue weighted by Crippen LogP contribution is -2.22. The van der Waals surface area contributed by atoms with E-state index < -0.39 is 15.9 Å². The van der Waals surface area contributed by atoms with Crippen LogP contribution in [0.5, 0.6) is 5.75 Å². The van der Waals surface area contributed by atoms with E-state index in [-0.39, 0.29) is 11.5 Å². The lowest BCUT2D eigenvalue weighted by molar-refractivity contribution is -0.118. The van der Waals surface area contributed by atoms with Gasteiger partial charge in [-0.1, -0.05) is 23.2 Å². The zero-order chi connectivity index (χ0) is 18.6. The van der Waals surface area contributed by atoms with Crippen LogP contribution in [0, 0.1) is 0 Å². The minimum Gasteiger partial charge on any atom is -0.484 e. The number of nitrogens with zero attached hydrogens (tertiary/aromatic N) is 1. The highest BCUT2D eigenvalue weighted by Crippen LogP contribution is 2.22. The summed E-state index contributed by atoms with van der Waals surface area (Å²) in [6.07, 6.45) is 0. The number of carbonyl (C=O) groups excluding carboxylic acids is 1. The number of ether oxygens (including phenoxy) is 1. The molecule has 2 aromatic carbocycles. The van der Waals surface area contributed by atoms with E-state index in [1.165, 1.54) is 38.4 Å². The molecule has 134 valence electrons. The van der Waals surface area contributed by atoms with Crippen LogP contribution in [-0.2, 0) is 14.8 Å². The largest absolute Gasteiger partial charge is 0.484 e. The highest BCUT2D eigenvalue weighted by atomic mass is 35.5. The molecule has 2 aromatic rings. The fraction of sp³-hybridized carbons (Fsp3) is 0.188. The summed E-state index contributed by atoms with van der Waals surface area (Å²) in [5.74, 6) is -0.0275. The second-order valence-corrected chi connectivity index (χ2v) is 8.28. The van der Waals surface area contributed by atoms with E-state index in [2.05, 4.69) is 5.32 Å². The molecular weight excluding hydrogens is 387 g/mol. The minimum absolute atomic E-state index is 0.142. The minimum atomic E-state index is -3.50. The number of nitrogens with one attached hydrogen (secondary N) is 1. The second kappa shape index (κ2) is 8.05. The Balaban J connectivity index is 1.96. The van der Waals surface area contributed by atoms with Crippen LogP contribution in [0.1, 0.15) is 0 Å². The van der Waals surface area contributed by atoms with E-state index in [1.807, 2.05) is 0 Å². The van der Waals surface area contributed by atoms with Gasteiger partial charge in [-0.3, -0.25) is 4.79 Å². The van der Waals surface area contributed by atoms with E-state index in [4.69, 9.17) is 27.9 Å². The lowest BCUT2D eigenvalue weighted by atomic mass is 10.3. The van der Waals surface area contributed by atoms with E-state index in [1.54, 1.807) is 18.2 Å². The lowest BCUT2D eigenvalue weighted by Gasteiger charge is -2.12. The Morgan fingerprint density at radius 2 is 1.64 bits per heavy atom. The maximum atomic E-state index is 12.0. The van der Waals surface area contributed by atoms with Crippen molar-refractivity contribution in [2.24, 2.45) is 0 Å². The number of hydrogen-bond donors (Lipinski definition) is 1. The predicted octanol–water partition coefficient (Wildman–Crippen LogP) is 3.26. The number of sulfonamides is 1. The molecule has 1 N–H and O–H groups in total. The summed E-state index contributed by atoms with van der Waals surface area (Å²) in [4.78, 5) is 12.0. The average molecular weight is 403 g/mol. The summed E-state index contributed by atoms with van der Waals surface area (Å²) in [5.41, 5.74) is 0.457. The van der Waals surface area contributed by atoms with Gasteiger partial charge in [-0.05, 0) is 42.5 Å². The normalized spacial score (nSPS) is 11.4. The van der Waals surface area contributed by atoms with Crippen LogP contribution < -0.4 is 10.1 Å². The molecule has 2 rings (SSSR count). The highest BCUT2D eigenvalue weighted by molar-refractivity contribution is 7.89. The molecule has 0 saturated heterocycles. The molecule has 0 aromatic heterocycles. The Morgan fingerprint density at radius 1 is 1.08 bits per heavy atom. The molecule has 0 heterocycles. The molecule has 1 amide bonds. The van der Waals surface area contributed by atoms with Gasteiger partial charge in [0, 0.05) is 29.8 Å². The molecule has 9 heteroatoms. The van der Waals surface area contributed by atoms with Gasteiger partial charge in [0.2, 0.25) is 10.0 Å². The third-order valence-corrected chi connectivity index (χ3v) is 5.38. The van der Waals surface area contributed by atoms with Gasteiger partial charge in [0.15, 0.2) is 6.61 Å². The van der Waals surface area contributed by atoms with E-state index >= 15 is 0 Å². The zero-order valence-corrected chi connectivity index (χ0v) is 15.8. The Bertz CT molecular complexity index is 848. The van der Waals surface area contributed by atoms with E-state index in [0.29, 0.717) is 21.5 Å². The monoisotopic (exact) mass is 402 g/mol. The van der Waals surface area contributed by atoms with E-state index in [0.717, 1.165) is 4.31 Å². The van der Waals surface area contributed by atoms with Crippen LogP contribution in [0.4, 0.5) is 5.69 Å². The molecule has 0 spiro atoms. The molecule has 0 bridgehead atoms. The first kappa shape index (κ1) is 19.5. The smallest absolute Gasteiger partial charge is 0.262 e.